The van der Waals surface area contributed by atoms with Crippen LogP contribution in [0.25, 0.3) is 0 Å². The second-order valence-corrected chi connectivity index (χ2v) is 6.64. The Morgan fingerprint density at radius 2 is 1.83 bits per heavy atom. The fourth-order valence-corrected chi connectivity index (χ4v) is 3.36. The van der Waals surface area contributed by atoms with E-state index in [1.54, 1.807) is 48.5 Å². The number of alkyl halides is 2. The number of ether oxygens (including phenoxy) is 2. The Labute approximate surface area is 172 Å². The van der Waals surface area contributed by atoms with Gasteiger partial charge in [0.25, 0.3) is 6.43 Å². The van der Waals surface area contributed by atoms with Crippen molar-refractivity contribution in [1.82, 2.24) is 10.4 Å². The Morgan fingerprint density at radius 3 is 2.47 bits per heavy atom. The molecule has 1 N–H and O–H groups in total. The quantitative estimate of drug-likeness (QED) is 0.812. The van der Waals surface area contributed by atoms with Crippen LogP contribution in [0.2, 0.25) is 0 Å². The molecule has 0 fully saturated rings. The Kier molecular flexibility index (Phi) is 5.21. The predicted octanol–water partition coefficient (Wildman–Crippen LogP) is 3.93. The van der Waals surface area contributed by atoms with Crippen molar-refractivity contribution in [2.24, 2.45) is 4.99 Å². The van der Waals surface area contributed by atoms with E-state index in [1.165, 1.54) is 25.3 Å². The van der Waals surface area contributed by atoms with Crippen molar-refractivity contribution in [1.29, 1.82) is 5.26 Å². The number of fused-ring (bicyclic) bond motifs is 1. The van der Waals surface area contributed by atoms with Gasteiger partial charge in [0.1, 0.15) is 11.5 Å². The fraction of sp³-hybridized carbons (Fsp3) is 0.182. The highest BCUT2D eigenvalue weighted by Crippen LogP contribution is 2.35. The smallest absolute Gasteiger partial charge is 0.280 e. The average molecular weight is 408 g/mol. The molecule has 0 saturated heterocycles. The third kappa shape index (κ3) is 3.51. The van der Waals surface area contributed by atoms with Gasteiger partial charge in [0.15, 0.2) is 11.5 Å². The summed E-state index contributed by atoms with van der Waals surface area (Å²) in [7, 11) is 3.04. The molecule has 0 bridgehead atoms. The summed E-state index contributed by atoms with van der Waals surface area (Å²) in [5.74, 6) is 1.41. The summed E-state index contributed by atoms with van der Waals surface area (Å²) in [5.41, 5.74) is 5.25. The van der Waals surface area contributed by atoms with Gasteiger partial charge in [-0.25, -0.2) is 19.2 Å². The molecule has 6 nitrogen and oxygen atoms in total. The molecule has 0 spiro atoms. The molecule has 0 aromatic heterocycles. The standard InChI is InChI=1S/C22H18F2N4O2/c1-29-19-8-7-15(9-20(19)30-2)16-10-18(22(23)24)28-21(26-16)11-17(27-28)14-5-3-13(12-25)4-6-14/h3-11,17,22,27H,1-2H3. The van der Waals surface area contributed by atoms with Crippen molar-refractivity contribution in [2.75, 3.05) is 14.2 Å². The van der Waals surface area contributed by atoms with E-state index in [-0.39, 0.29) is 11.7 Å². The number of hydrazine groups is 1. The number of halogens is 2. The van der Waals surface area contributed by atoms with Crippen LogP contribution in [-0.2, 0) is 0 Å². The van der Waals surface area contributed by atoms with Gasteiger partial charge in [-0.3, -0.25) is 5.01 Å². The number of aliphatic imine (C=N–C) groups is 1. The Hall–Kier alpha value is -3.70. The minimum absolute atomic E-state index is 0.197. The van der Waals surface area contributed by atoms with E-state index in [4.69, 9.17) is 14.7 Å². The summed E-state index contributed by atoms with van der Waals surface area (Å²) in [4.78, 5) is 4.57. The number of methoxy groups -OCH3 is 2. The largest absolute Gasteiger partial charge is 0.493 e. The van der Waals surface area contributed by atoms with Crippen LogP contribution in [0.5, 0.6) is 11.5 Å². The van der Waals surface area contributed by atoms with Gasteiger partial charge in [-0.15, -0.1) is 0 Å². The van der Waals surface area contributed by atoms with Crippen molar-refractivity contribution >= 4 is 5.71 Å². The van der Waals surface area contributed by atoms with Gasteiger partial charge in [-0.05, 0) is 48.0 Å². The number of nitriles is 1. The molecule has 1 unspecified atom stereocenters. The summed E-state index contributed by atoms with van der Waals surface area (Å²) in [6.45, 7) is 0. The topological polar surface area (TPSA) is 69.9 Å². The minimum Gasteiger partial charge on any atom is -0.493 e. The van der Waals surface area contributed by atoms with E-state index < -0.39 is 6.43 Å². The SMILES string of the molecule is COc1ccc(C2=NC3=CC(c4ccc(C#N)cc4)NN3C(C(F)F)=C2)cc1OC. The van der Waals surface area contributed by atoms with Gasteiger partial charge in [-0.1, -0.05) is 12.1 Å². The van der Waals surface area contributed by atoms with Crippen LogP contribution in [0, 0.1) is 11.3 Å². The fourth-order valence-electron chi connectivity index (χ4n) is 3.36. The number of allylic oxidation sites excluding steroid dienone is 2. The van der Waals surface area contributed by atoms with Crippen LogP contribution in [0.1, 0.15) is 22.7 Å². The number of rotatable bonds is 5. The molecule has 2 heterocycles. The molecule has 2 aliphatic heterocycles. The number of hydrogen-bond donors (Lipinski definition) is 1. The third-order valence-corrected chi connectivity index (χ3v) is 4.89. The number of nitrogens with one attached hydrogen (secondary N) is 1. The molecule has 2 aromatic carbocycles. The van der Waals surface area contributed by atoms with Crippen molar-refractivity contribution in [3.8, 4) is 17.6 Å². The van der Waals surface area contributed by atoms with Crippen molar-refractivity contribution in [3.63, 3.8) is 0 Å². The highest BCUT2D eigenvalue weighted by atomic mass is 19.3. The van der Waals surface area contributed by atoms with E-state index >= 15 is 0 Å². The molecule has 0 saturated carbocycles. The average Bonchev–Trinajstić information content (AvgIpc) is 3.22. The zero-order valence-electron chi connectivity index (χ0n) is 16.3. The van der Waals surface area contributed by atoms with Gasteiger partial charge in [-0.2, -0.15) is 5.26 Å². The second kappa shape index (κ2) is 7.97. The van der Waals surface area contributed by atoms with Crippen molar-refractivity contribution in [3.05, 3.63) is 82.8 Å². The van der Waals surface area contributed by atoms with Crippen LogP contribution in [0.3, 0.4) is 0 Å². The lowest BCUT2D eigenvalue weighted by molar-refractivity contribution is 0.134. The van der Waals surface area contributed by atoms with Crippen LogP contribution in [-0.4, -0.2) is 31.4 Å². The normalized spacial score (nSPS) is 17.7. The van der Waals surface area contributed by atoms with Gasteiger partial charge in [0, 0.05) is 5.56 Å². The zero-order chi connectivity index (χ0) is 21.3. The van der Waals surface area contributed by atoms with E-state index in [0.717, 1.165) is 5.56 Å². The van der Waals surface area contributed by atoms with Gasteiger partial charge < -0.3 is 9.47 Å². The Morgan fingerprint density at radius 1 is 1.10 bits per heavy atom. The molecule has 0 radical (unpaired) electrons. The predicted molar refractivity (Wildman–Crippen MR) is 107 cm³/mol. The van der Waals surface area contributed by atoms with Crippen LogP contribution < -0.4 is 14.9 Å². The molecule has 0 amide bonds. The van der Waals surface area contributed by atoms with Crippen LogP contribution >= 0.6 is 0 Å². The molecule has 30 heavy (non-hydrogen) atoms. The maximum Gasteiger partial charge on any atom is 0.280 e. The number of hydrogen-bond acceptors (Lipinski definition) is 6. The summed E-state index contributed by atoms with van der Waals surface area (Å²) in [5, 5.41) is 10.3. The van der Waals surface area contributed by atoms with Gasteiger partial charge in [0.05, 0.1) is 37.6 Å². The number of benzene rings is 2. The zero-order valence-corrected chi connectivity index (χ0v) is 16.3. The molecule has 8 heteroatoms. The highest BCUT2D eigenvalue weighted by Gasteiger charge is 2.33. The van der Waals surface area contributed by atoms with Crippen LogP contribution in [0.4, 0.5) is 8.78 Å². The highest BCUT2D eigenvalue weighted by molar-refractivity contribution is 6.10. The maximum absolute atomic E-state index is 13.8. The van der Waals surface area contributed by atoms with E-state index in [0.29, 0.717) is 34.2 Å². The monoisotopic (exact) mass is 408 g/mol. The first-order chi connectivity index (χ1) is 14.5. The first-order valence-electron chi connectivity index (χ1n) is 9.13. The Balaban J connectivity index is 1.72. The molecule has 0 aliphatic carbocycles. The Bertz CT molecular complexity index is 1100. The minimum atomic E-state index is -2.70. The molecule has 2 aliphatic rings. The van der Waals surface area contributed by atoms with Crippen molar-refractivity contribution < 1.29 is 18.3 Å². The summed E-state index contributed by atoms with van der Waals surface area (Å²) >= 11 is 0. The molecular weight excluding hydrogens is 390 g/mol. The molecule has 2 aromatic rings. The lowest BCUT2D eigenvalue weighted by Crippen LogP contribution is -2.37. The third-order valence-electron chi connectivity index (χ3n) is 4.89. The van der Waals surface area contributed by atoms with E-state index in [1.807, 2.05) is 0 Å². The summed E-state index contributed by atoms with van der Waals surface area (Å²) in [6.07, 6.45) is 0.431. The molecule has 152 valence electrons. The lowest BCUT2D eigenvalue weighted by atomic mass is 10.1. The van der Waals surface area contributed by atoms with Gasteiger partial charge >= 0.3 is 0 Å². The van der Waals surface area contributed by atoms with Crippen molar-refractivity contribution in [2.45, 2.75) is 12.5 Å². The van der Waals surface area contributed by atoms with E-state index in [2.05, 4.69) is 16.5 Å². The molecule has 1 atom stereocenters. The first kappa shape index (κ1) is 19.6. The molecular formula is C22H18F2N4O2. The van der Waals surface area contributed by atoms with Crippen LogP contribution in [0.15, 0.2) is 71.1 Å². The molecule has 4 rings (SSSR count). The van der Waals surface area contributed by atoms with E-state index in [9.17, 15) is 8.78 Å². The lowest BCUT2D eigenvalue weighted by Gasteiger charge is -2.28. The second-order valence-electron chi connectivity index (χ2n) is 6.64. The summed E-state index contributed by atoms with van der Waals surface area (Å²) in [6, 6.07) is 13.8. The van der Waals surface area contributed by atoms with Gasteiger partial charge in [0.2, 0.25) is 0 Å². The maximum atomic E-state index is 13.8. The number of nitrogens with zero attached hydrogens (tertiary/aromatic N) is 3. The first-order valence-corrected chi connectivity index (χ1v) is 9.13. The summed E-state index contributed by atoms with van der Waals surface area (Å²) < 4.78 is 38.2.